The number of anilines is 1. The number of nitrogens with zero attached hydrogens (tertiary/aromatic N) is 2. The van der Waals surface area contributed by atoms with Crippen molar-refractivity contribution in [2.24, 2.45) is 0 Å². The Bertz CT molecular complexity index is 536. The first-order valence-corrected chi connectivity index (χ1v) is 6.84. The van der Waals surface area contributed by atoms with Gasteiger partial charge in [0, 0.05) is 6.54 Å². The van der Waals surface area contributed by atoms with Crippen LogP contribution in [0, 0.1) is 11.3 Å². The molecule has 5 heteroatoms. The van der Waals surface area contributed by atoms with Gasteiger partial charge < -0.3 is 15.0 Å². The average molecular weight is 273 g/mol. The molecule has 1 atom stereocenters. The van der Waals surface area contributed by atoms with Crippen LogP contribution in [0.4, 0.5) is 5.69 Å². The number of ether oxygens (including phenoxy) is 1. The van der Waals surface area contributed by atoms with E-state index in [9.17, 15) is 10.1 Å². The standard InChI is InChI=1S/C15H19N3O2/c1-3-8-17-12-7-9-18(15(12)19)14-11(10-16)5-4-6-13(14)20-2/h4-6,12,17H,3,7-9H2,1-2H3. The Kier molecular flexibility index (Phi) is 4.59. The average Bonchev–Trinajstić information content (AvgIpc) is 2.84. The van der Waals surface area contributed by atoms with Gasteiger partial charge >= 0.3 is 0 Å². The maximum absolute atomic E-state index is 12.4. The Balaban J connectivity index is 2.29. The van der Waals surface area contributed by atoms with E-state index in [1.165, 1.54) is 0 Å². The van der Waals surface area contributed by atoms with Gasteiger partial charge in [-0.15, -0.1) is 0 Å². The van der Waals surface area contributed by atoms with Crippen molar-refractivity contribution in [3.63, 3.8) is 0 Å². The highest BCUT2D eigenvalue weighted by Gasteiger charge is 2.34. The zero-order valence-electron chi connectivity index (χ0n) is 11.8. The van der Waals surface area contributed by atoms with Gasteiger partial charge in [0.25, 0.3) is 0 Å². The number of benzene rings is 1. The first-order valence-electron chi connectivity index (χ1n) is 6.84. The molecule has 1 unspecified atom stereocenters. The molecule has 20 heavy (non-hydrogen) atoms. The zero-order chi connectivity index (χ0) is 14.5. The lowest BCUT2D eigenvalue weighted by atomic mass is 10.1. The maximum atomic E-state index is 12.4. The van der Waals surface area contributed by atoms with E-state index in [1.807, 2.05) is 0 Å². The number of amides is 1. The van der Waals surface area contributed by atoms with Crippen molar-refractivity contribution in [1.82, 2.24) is 5.32 Å². The SMILES string of the molecule is CCCNC1CCN(c2c(C#N)cccc2OC)C1=O. The fourth-order valence-corrected chi connectivity index (χ4v) is 2.47. The number of hydrogen-bond acceptors (Lipinski definition) is 4. The Hall–Kier alpha value is -2.06. The highest BCUT2D eigenvalue weighted by molar-refractivity contribution is 6.01. The molecule has 1 saturated heterocycles. The first-order chi connectivity index (χ1) is 9.72. The van der Waals surface area contributed by atoms with Crippen LogP contribution in [-0.4, -0.2) is 32.1 Å². The van der Waals surface area contributed by atoms with Gasteiger partial charge in [0.15, 0.2) is 0 Å². The van der Waals surface area contributed by atoms with Crippen LogP contribution in [0.2, 0.25) is 0 Å². The molecular weight excluding hydrogens is 254 g/mol. The van der Waals surface area contributed by atoms with E-state index >= 15 is 0 Å². The molecule has 0 aliphatic carbocycles. The monoisotopic (exact) mass is 273 g/mol. The Morgan fingerprint density at radius 3 is 3.00 bits per heavy atom. The van der Waals surface area contributed by atoms with Gasteiger partial charge in [-0.05, 0) is 31.5 Å². The summed E-state index contributed by atoms with van der Waals surface area (Å²) in [6, 6.07) is 7.21. The number of methoxy groups -OCH3 is 1. The Morgan fingerprint density at radius 2 is 2.35 bits per heavy atom. The number of carbonyl (C=O) groups excluding carboxylic acids is 1. The third-order valence-corrected chi connectivity index (χ3v) is 3.46. The molecule has 1 aliphatic heterocycles. The third-order valence-electron chi connectivity index (χ3n) is 3.46. The number of nitrogens with one attached hydrogen (secondary N) is 1. The minimum Gasteiger partial charge on any atom is -0.495 e. The van der Waals surface area contributed by atoms with Crippen LogP contribution in [-0.2, 0) is 4.79 Å². The summed E-state index contributed by atoms with van der Waals surface area (Å²) < 4.78 is 5.30. The number of carbonyl (C=O) groups is 1. The van der Waals surface area contributed by atoms with Gasteiger partial charge in [-0.2, -0.15) is 5.26 Å². The van der Waals surface area contributed by atoms with Crippen molar-refractivity contribution in [2.45, 2.75) is 25.8 Å². The third kappa shape index (κ3) is 2.61. The van der Waals surface area contributed by atoms with Gasteiger partial charge in [0.2, 0.25) is 5.91 Å². The molecule has 5 nitrogen and oxygen atoms in total. The molecule has 0 bridgehead atoms. The van der Waals surface area contributed by atoms with Crippen LogP contribution >= 0.6 is 0 Å². The van der Waals surface area contributed by atoms with E-state index in [0.29, 0.717) is 23.5 Å². The van der Waals surface area contributed by atoms with Gasteiger partial charge in [0.05, 0.1) is 18.7 Å². The van der Waals surface area contributed by atoms with E-state index in [0.717, 1.165) is 19.4 Å². The fraction of sp³-hybridized carbons (Fsp3) is 0.467. The predicted octanol–water partition coefficient (Wildman–Crippen LogP) is 1.67. The Labute approximate surface area is 119 Å². The van der Waals surface area contributed by atoms with Crippen LogP contribution in [0.5, 0.6) is 5.75 Å². The van der Waals surface area contributed by atoms with Crippen LogP contribution in [0.25, 0.3) is 0 Å². The molecular formula is C15H19N3O2. The van der Waals surface area contributed by atoms with E-state index in [1.54, 1.807) is 30.2 Å². The molecule has 1 heterocycles. The number of hydrogen-bond donors (Lipinski definition) is 1. The predicted molar refractivity (Wildman–Crippen MR) is 76.8 cm³/mol. The van der Waals surface area contributed by atoms with E-state index in [2.05, 4.69) is 18.3 Å². The van der Waals surface area contributed by atoms with Gasteiger partial charge in [-0.3, -0.25) is 4.79 Å². The molecule has 0 saturated carbocycles. The minimum absolute atomic E-state index is 0.0134. The number of nitriles is 1. The molecule has 0 radical (unpaired) electrons. The number of rotatable bonds is 5. The molecule has 1 amide bonds. The highest BCUT2D eigenvalue weighted by Crippen LogP contribution is 2.34. The van der Waals surface area contributed by atoms with E-state index in [-0.39, 0.29) is 11.9 Å². The number of para-hydroxylation sites is 1. The fourth-order valence-electron chi connectivity index (χ4n) is 2.47. The largest absolute Gasteiger partial charge is 0.495 e. The van der Waals surface area contributed by atoms with E-state index in [4.69, 9.17) is 4.74 Å². The van der Waals surface area contributed by atoms with Crippen molar-refractivity contribution in [3.05, 3.63) is 23.8 Å². The van der Waals surface area contributed by atoms with Crippen LogP contribution in [0.1, 0.15) is 25.3 Å². The molecule has 0 spiro atoms. The molecule has 1 fully saturated rings. The summed E-state index contributed by atoms with van der Waals surface area (Å²) >= 11 is 0. The Morgan fingerprint density at radius 1 is 1.55 bits per heavy atom. The summed E-state index contributed by atoms with van der Waals surface area (Å²) in [6.07, 6.45) is 1.74. The first kappa shape index (κ1) is 14.4. The second-order valence-electron chi connectivity index (χ2n) is 4.75. The van der Waals surface area contributed by atoms with Gasteiger partial charge in [-0.25, -0.2) is 0 Å². The lowest BCUT2D eigenvalue weighted by Crippen LogP contribution is -2.39. The van der Waals surface area contributed by atoms with Gasteiger partial charge in [0.1, 0.15) is 17.5 Å². The molecule has 1 aliphatic rings. The van der Waals surface area contributed by atoms with Crippen molar-refractivity contribution in [2.75, 3.05) is 25.1 Å². The van der Waals surface area contributed by atoms with E-state index < -0.39 is 0 Å². The van der Waals surface area contributed by atoms with Crippen LogP contribution in [0.3, 0.4) is 0 Å². The smallest absolute Gasteiger partial charge is 0.244 e. The van der Waals surface area contributed by atoms with Crippen LogP contribution in [0.15, 0.2) is 18.2 Å². The lowest BCUT2D eigenvalue weighted by molar-refractivity contribution is -0.118. The summed E-state index contributed by atoms with van der Waals surface area (Å²) in [5.41, 5.74) is 1.05. The summed E-state index contributed by atoms with van der Waals surface area (Å²) in [5.74, 6) is 0.577. The van der Waals surface area contributed by atoms with Gasteiger partial charge in [-0.1, -0.05) is 13.0 Å². The molecule has 0 aromatic heterocycles. The van der Waals surface area contributed by atoms with Crippen molar-refractivity contribution < 1.29 is 9.53 Å². The van der Waals surface area contributed by atoms with Crippen LogP contribution < -0.4 is 15.0 Å². The lowest BCUT2D eigenvalue weighted by Gasteiger charge is -2.21. The molecule has 1 aromatic rings. The molecule has 106 valence electrons. The topological polar surface area (TPSA) is 65.4 Å². The highest BCUT2D eigenvalue weighted by atomic mass is 16.5. The second kappa shape index (κ2) is 6.40. The minimum atomic E-state index is -0.161. The van der Waals surface area contributed by atoms with Crippen molar-refractivity contribution in [3.8, 4) is 11.8 Å². The maximum Gasteiger partial charge on any atom is 0.244 e. The molecule has 2 rings (SSSR count). The molecule has 1 N–H and O–H groups in total. The van der Waals surface area contributed by atoms with Crippen molar-refractivity contribution >= 4 is 11.6 Å². The van der Waals surface area contributed by atoms with Crippen molar-refractivity contribution in [1.29, 1.82) is 5.26 Å². The summed E-state index contributed by atoms with van der Waals surface area (Å²) in [7, 11) is 1.55. The zero-order valence-corrected chi connectivity index (χ0v) is 11.8. The molecule has 1 aromatic carbocycles. The quantitative estimate of drug-likeness (QED) is 0.886. The normalized spacial score (nSPS) is 18.1. The second-order valence-corrected chi connectivity index (χ2v) is 4.75. The summed E-state index contributed by atoms with van der Waals surface area (Å²) in [6.45, 7) is 3.49. The summed E-state index contributed by atoms with van der Waals surface area (Å²) in [4.78, 5) is 14.1. The summed E-state index contributed by atoms with van der Waals surface area (Å²) in [5, 5.41) is 12.5.